The van der Waals surface area contributed by atoms with Crippen LogP contribution in [0.4, 0.5) is 0 Å². The molecule has 2 N–H and O–H groups in total. The number of aliphatic imine (C=N–C) groups is 1. The van der Waals surface area contributed by atoms with Crippen LogP contribution in [0.2, 0.25) is 0 Å². The number of benzene rings is 1. The zero-order chi connectivity index (χ0) is 19.7. The maximum Gasteiger partial charge on any atom is 0.191 e. The number of rotatable bonds is 7. The van der Waals surface area contributed by atoms with Crippen LogP contribution < -0.4 is 20.1 Å². The summed E-state index contributed by atoms with van der Waals surface area (Å²) in [7, 11) is 0. The van der Waals surface area contributed by atoms with Gasteiger partial charge in [0, 0.05) is 44.0 Å². The van der Waals surface area contributed by atoms with E-state index in [1.165, 1.54) is 0 Å². The fourth-order valence-electron chi connectivity index (χ4n) is 3.46. The number of guanidine groups is 1. The van der Waals surface area contributed by atoms with Crippen molar-refractivity contribution in [3.63, 3.8) is 0 Å². The highest BCUT2D eigenvalue weighted by Gasteiger charge is 2.17. The van der Waals surface area contributed by atoms with Crippen molar-refractivity contribution in [3.05, 3.63) is 47.9 Å². The average molecular weight is 399 g/mol. The van der Waals surface area contributed by atoms with Gasteiger partial charge >= 0.3 is 0 Å². The Morgan fingerprint density at radius 2 is 2.03 bits per heavy atom. The molecule has 1 aromatic carbocycles. The molecule has 7 heteroatoms. The highest BCUT2D eigenvalue weighted by molar-refractivity contribution is 5.79. The Morgan fingerprint density at radius 1 is 1.07 bits per heavy atom. The molecule has 1 fully saturated rings. The maximum atomic E-state index is 5.92. The van der Waals surface area contributed by atoms with Crippen molar-refractivity contribution >= 4 is 5.96 Å². The van der Waals surface area contributed by atoms with Crippen molar-refractivity contribution in [2.45, 2.75) is 25.8 Å². The van der Waals surface area contributed by atoms with E-state index < -0.39 is 0 Å². The molecule has 2 aliphatic rings. The van der Waals surface area contributed by atoms with Crippen LogP contribution in [-0.2, 0) is 17.7 Å². The van der Waals surface area contributed by atoms with Crippen molar-refractivity contribution in [1.82, 2.24) is 10.6 Å². The molecule has 3 heterocycles. The smallest absolute Gasteiger partial charge is 0.191 e. The lowest BCUT2D eigenvalue weighted by Crippen LogP contribution is -2.40. The van der Waals surface area contributed by atoms with Gasteiger partial charge in [0.2, 0.25) is 0 Å². The van der Waals surface area contributed by atoms with Gasteiger partial charge in [0.05, 0.1) is 32.6 Å². The van der Waals surface area contributed by atoms with Crippen LogP contribution in [0.25, 0.3) is 0 Å². The van der Waals surface area contributed by atoms with Crippen LogP contribution in [0, 0.1) is 5.92 Å². The lowest BCUT2D eigenvalue weighted by atomic mass is 10.1. The molecule has 0 bridgehead atoms. The van der Waals surface area contributed by atoms with E-state index >= 15 is 0 Å². The van der Waals surface area contributed by atoms with Gasteiger partial charge in [-0.3, -0.25) is 0 Å². The third-order valence-corrected chi connectivity index (χ3v) is 5.09. The van der Waals surface area contributed by atoms with Gasteiger partial charge in [-0.1, -0.05) is 12.1 Å². The minimum atomic E-state index is 0.518. The Bertz CT molecular complexity index is 785. The van der Waals surface area contributed by atoms with Crippen molar-refractivity contribution in [3.8, 4) is 11.5 Å². The molecule has 0 amide bonds. The molecule has 4 rings (SSSR count). The lowest BCUT2D eigenvalue weighted by molar-refractivity contribution is 0.186. The monoisotopic (exact) mass is 399 g/mol. The van der Waals surface area contributed by atoms with Gasteiger partial charge in [-0.25, -0.2) is 4.99 Å². The van der Waals surface area contributed by atoms with Gasteiger partial charge in [-0.2, -0.15) is 0 Å². The fraction of sp³-hybridized carbons (Fsp3) is 0.500. The van der Waals surface area contributed by atoms with E-state index in [2.05, 4.69) is 10.6 Å². The quantitative estimate of drug-likeness (QED) is 0.551. The van der Waals surface area contributed by atoms with Gasteiger partial charge in [-0.05, 0) is 24.6 Å². The van der Waals surface area contributed by atoms with E-state index in [9.17, 15) is 0 Å². The van der Waals surface area contributed by atoms with Crippen molar-refractivity contribution < 1.29 is 18.6 Å². The second kappa shape index (κ2) is 10.2. The molecule has 0 saturated carbocycles. The van der Waals surface area contributed by atoms with E-state index in [4.69, 9.17) is 23.6 Å². The highest BCUT2D eigenvalue weighted by Crippen LogP contribution is 2.33. The number of nitrogens with zero attached hydrogens (tertiary/aromatic N) is 1. The first-order valence-corrected chi connectivity index (χ1v) is 10.4. The summed E-state index contributed by atoms with van der Waals surface area (Å²) in [5.41, 5.74) is 1.03. The molecule has 156 valence electrons. The second-order valence-corrected chi connectivity index (χ2v) is 7.33. The number of hydrogen-bond acceptors (Lipinski definition) is 5. The van der Waals surface area contributed by atoms with Gasteiger partial charge in [0.15, 0.2) is 17.5 Å². The summed E-state index contributed by atoms with van der Waals surface area (Å²) >= 11 is 0. The van der Waals surface area contributed by atoms with E-state index in [1.54, 1.807) is 6.26 Å². The zero-order valence-corrected chi connectivity index (χ0v) is 16.7. The molecule has 0 radical (unpaired) electrons. The number of nitrogens with one attached hydrogen (secondary N) is 2. The Labute approximate surface area is 171 Å². The van der Waals surface area contributed by atoms with Crippen LogP contribution in [0.5, 0.6) is 11.5 Å². The van der Waals surface area contributed by atoms with Crippen molar-refractivity contribution in [2.75, 3.05) is 39.5 Å². The third kappa shape index (κ3) is 5.67. The molecule has 1 aromatic heterocycles. The van der Waals surface area contributed by atoms with Crippen LogP contribution in [0.3, 0.4) is 0 Å². The fourth-order valence-corrected chi connectivity index (χ4v) is 3.46. The van der Waals surface area contributed by atoms with E-state index in [0.29, 0.717) is 25.7 Å². The number of fused-ring (bicyclic) bond motifs is 1. The molecule has 0 spiro atoms. The molecule has 7 nitrogen and oxygen atoms in total. The predicted octanol–water partition coefficient (Wildman–Crippen LogP) is 2.76. The van der Waals surface area contributed by atoms with Gasteiger partial charge < -0.3 is 29.3 Å². The Balaban J connectivity index is 1.40. The van der Waals surface area contributed by atoms with Crippen molar-refractivity contribution in [1.29, 1.82) is 0 Å². The molecule has 0 aliphatic carbocycles. The summed E-state index contributed by atoms with van der Waals surface area (Å²) in [5, 5.41) is 6.87. The molecular weight excluding hydrogens is 370 g/mol. The highest BCUT2D eigenvalue weighted by atomic mass is 16.5. The summed E-state index contributed by atoms with van der Waals surface area (Å²) < 4.78 is 22.6. The Kier molecular flexibility index (Phi) is 6.91. The topological polar surface area (TPSA) is 77.3 Å². The maximum absolute atomic E-state index is 5.92. The second-order valence-electron chi connectivity index (χ2n) is 7.33. The first-order chi connectivity index (χ1) is 14.4. The van der Waals surface area contributed by atoms with Gasteiger partial charge in [-0.15, -0.1) is 0 Å². The van der Waals surface area contributed by atoms with E-state index in [1.807, 2.05) is 30.3 Å². The van der Waals surface area contributed by atoms with Crippen LogP contribution in [-0.4, -0.2) is 45.5 Å². The first-order valence-electron chi connectivity index (χ1n) is 10.4. The molecule has 1 saturated heterocycles. The first kappa shape index (κ1) is 19.6. The molecule has 1 atom stereocenters. The molecule has 29 heavy (non-hydrogen) atoms. The minimum Gasteiger partial charge on any atom is -0.490 e. The Morgan fingerprint density at radius 3 is 2.90 bits per heavy atom. The van der Waals surface area contributed by atoms with E-state index in [-0.39, 0.29) is 0 Å². The van der Waals surface area contributed by atoms with Crippen molar-refractivity contribution in [2.24, 2.45) is 10.9 Å². The number of para-hydroxylation sites is 1. The number of furan rings is 1. The largest absolute Gasteiger partial charge is 0.490 e. The summed E-state index contributed by atoms with van der Waals surface area (Å²) in [4.78, 5) is 4.80. The predicted molar refractivity (Wildman–Crippen MR) is 111 cm³/mol. The van der Waals surface area contributed by atoms with Gasteiger partial charge in [0.1, 0.15) is 5.76 Å². The lowest BCUT2D eigenvalue weighted by Gasteiger charge is -2.16. The standard InChI is InChI=1S/C22H29N3O4/c1-4-18(21-20(6-1)28-11-3-12-29-21)15-25-22(24-14-17-8-13-26-16-17)23-9-7-19-5-2-10-27-19/h1-2,4-6,10,17H,3,7-9,11-16H2,(H2,23,24,25). The Hall–Kier alpha value is -2.67. The molecular formula is C22H29N3O4. The SMILES string of the molecule is c1coc(CCNC(=NCc2cccc3c2OCCCO3)NCC2CCOC2)c1. The van der Waals surface area contributed by atoms with E-state index in [0.717, 1.165) is 74.3 Å². The summed E-state index contributed by atoms with van der Waals surface area (Å²) in [6, 6.07) is 9.88. The summed E-state index contributed by atoms with van der Waals surface area (Å²) in [6.45, 7) is 5.12. The normalized spacial score (nSPS) is 19.0. The number of ether oxygens (including phenoxy) is 3. The minimum absolute atomic E-state index is 0.518. The molecule has 1 unspecified atom stereocenters. The zero-order valence-electron chi connectivity index (χ0n) is 16.7. The summed E-state index contributed by atoms with van der Waals surface area (Å²) in [5.74, 6) is 3.89. The van der Waals surface area contributed by atoms with Gasteiger partial charge in [0.25, 0.3) is 0 Å². The van der Waals surface area contributed by atoms with Crippen LogP contribution in [0.1, 0.15) is 24.2 Å². The third-order valence-electron chi connectivity index (χ3n) is 5.09. The van der Waals surface area contributed by atoms with Crippen LogP contribution in [0.15, 0.2) is 46.0 Å². The van der Waals surface area contributed by atoms with Crippen LogP contribution >= 0.6 is 0 Å². The molecule has 2 aromatic rings. The average Bonchev–Trinajstić information content (AvgIpc) is 3.40. The number of hydrogen-bond donors (Lipinski definition) is 2. The molecule has 2 aliphatic heterocycles. The summed E-state index contributed by atoms with van der Waals surface area (Å²) in [6.07, 6.45) is 4.48.